The Morgan fingerprint density at radius 1 is 0.844 bits per heavy atom. The SMILES string of the molecule is CC(C)COC(=O)N1CCCN(C(=O)c2ccc(Oc3ccc(C(N)=O)cc3)cc2)CC1. The van der Waals surface area contributed by atoms with Gasteiger partial charge >= 0.3 is 6.09 Å². The molecule has 3 rings (SSSR count). The third kappa shape index (κ3) is 6.23. The average Bonchev–Trinajstić information content (AvgIpc) is 3.04. The van der Waals surface area contributed by atoms with Gasteiger partial charge in [0.2, 0.25) is 5.91 Å². The van der Waals surface area contributed by atoms with Crippen molar-refractivity contribution in [3.63, 3.8) is 0 Å². The predicted molar refractivity (Wildman–Crippen MR) is 120 cm³/mol. The Hall–Kier alpha value is -3.55. The van der Waals surface area contributed by atoms with Crippen LogP contribution in [0.3, 0.4) is 0 Å². The van der Waals surface area contributed by atoms with Gasteiger partial charge in [-0.1, -0.05) is 13.8 Å². The topological polar surface area (TPSA) is 102 Å². The van der Waals surface area contributed by atoms with E-state index >= 15 is 0 Å². The highest BCUT2D eigenvalue weighted by Crippen LogP contribution is 2.23. The lowest BCUT2D eigenvalue weighted by atomic mass is 10.2. The first kappa shape index (κ1) is 23.1. The van der Waals surface area contributed by atoms with Gasteiger partial charge in [-0.25, -0.2) is 4.79 Å². The Morgan fingerprint density at radius 2 is 1.38 bits per heavy atom. The highest BCUT2D eigenvalue weighted by Gasteiger charge is 2.23. The van der Waals surface area contributed by atoms with E-state index in [4.69, 9.17) is 15.2 Å². The zero-order chi connectivity index (χ0) is 23.1. The zero-order valence-corrected chi connectivity index (χ0v) is 18.5. The number of amides is 3. The van der Waals surface area contributed by atoms with Crippen LogP contribution in [0.1, 0.15) is 41.0 Å². The highest BCUT2D eigenvalue weighted by molar-refractivity contribution is 5.94. The normalized spacial score (nSPS) is 14.1. The number of hydrogen-bond donors (Lipinski definition) is 1. The van der Waals surface area contributed by atoms with Gasteiger partial charge in [0.1, 0.15) is 11.5 Å². The van der Waals surface area contributed by atoms with Crippen LogP contribution in [0.4, 0.5) is 4.79 Å². The first-order valence-electron chi connectivity index (χ1n) is 10.7. The van der Waals surface area contributed by atoms with Crippen LogP contribution in [0.5, 0.6) is 11.5 Å². The minimum absolute atomic E-state index is 0.0836. The largest absolute Gasteiger partial charge is 0.457 e. The van der Waals surface area contributed by atoms with E-state index in [1.807, 2.05) is 13.8 Å². The van der Waals surface area contributed by atoms with E-state index in [2.05, 4.69) is 0 Å². The third-order valence-corrected chi connectivity index (χ3v) is 5.06. The van der Waals surface area contributed by atoms with Crippen molar-refractivity contribution in [2.24, 2.45) is 11.7 Å². The Balaban J connectivity index is 1.56. The minimum Gasteiger partial charge on any atom is -0.457 e. The number of rotatable bonds is 6. The number of carbonyl (C=O) groups is 3. The number of nitrogens with zero attached hydrogens (tertiary/aromatic N) is 2. The molecule has 8 nitrogen and oxygen atoms in total. The summed E-state index contributed by atoms with van der Waals surface area (Å²) in [6, 6.07) is 13.4. The molecule has 170 valence electrons. The molecule has 0 aromatic heterocycles. The molecule has 32 heavy (non-hydrogen) atoms. The van der Waals surface area contributed by atoms with Gasteiger partial charge in [-0.15, -0.1) is 0 Å². The summed E-state index contributed by atoms with van der Waals surface area (Å²) in [5.74, 6) is 0.836. The van der Waals surface area contributed by atoms with Crippen molar-refractivity contribution in [2.75, 3.05) is 32.8 Å². The van der Waals surface area contributed by atoms with Gasteiger partial charge in [-0.2, -0.15) is 0 Å². The van der Waals surface area contributed by atoms with E-state index in [1.165, 1.54) is 0 Å². The fraction of sp³-hybridized carbons (Fsp3) is 0.375. The summed E-state index contributed by atoms with van der Waals surface area (Å²) < 4.78 is 11.1. The lowest BCUT2D eigenvalue weighted by molar-refractivity contribution is 0.0746. The van der Waals surface area contributed by atoms with E-state index in [1.54, 1.807) is 58.3 Å². The second-order valence-corrected chi connectivity index (χ2v) is 8.12. The number of carbonyl (C=O) groups excluding carboxylic acids is 3. The van der Waals surface area contributed by atoms with Crippen LogP contribution in [0.25, 0.3) is 0 Å². The lowest BCUT2D eigenvalue weighted by Crippen LogP contribution is -2.37. The maximum atomic E-state index is 12.9. The summed E-state index contributed by atoms with van der Waals surface area (Å²) in [7, 11) is 0. The van der Waals surface area contributed by atoms with Crippen molar-refractivity contribution in [1.82, 2.24) is 9.80 Å². The third-order valence-electron chi connectivity index (χ3n) is 5.06. The molecule has 0 bridgehead atoms. The maximum absolute atomic E-state index is 12.9. The molecule has 1 fully saturated rings. The fourth-order valence-electron chi connectivity index (χ4n) is 3.30. The van der Waals surface area contributed by atoms with Crippen molar-refractivity contribution in [3.05, 3.63) is 59.7 Å². The maximum Gasteiger partial charge on any atom is 0.409 e. The molecular formula is C24H29N3O5. The molecular weight excluding hydrogens is 410 g/mol. The Bertz CT molecular complexity index is 941. The van der Waals surface area contributed by atoms with Crippen LogP contribution >= 0.6 is 0 Å². The molecule has 2 aromatic rings. The summed E-state index contributed by atoms with van der Waals surface area (Å²) in [5, 5.41) is 0. The standard InChI is InChI=1S/C24H29N3O5/c1-17(2)16-31-24(30)27-13-3-12-26(14-15-27)23(29)19-6-10-21(11-7-19)32-20-8-4-18(5-9-20)22(25)28/h4-11,17H,3,12-16H2,1-2H3,(H2,25,28). The van der Waals surface area contributed by atoms with Gasteiger partial charge in [0.25, 0.3) is 5.91 Å². The molecule has 0 unspecified atom stereocenters. The minimum atomic E-state index is -0.497. The van der Waals surface area contributed by atoms with Crippen molar-refractivity contribution >= 4 is 17.9 Å². The summed E-state index contributed by atoms with van der Waals surface area (Å²) in [6.45, 7) is 6.43. The molecule has 3 amide bonds. The highest BCUT2D eigenvalue weighted by atomic mass is 16.6. The van der Waals surface area contributed by atoms with Crippen LogP contribution in [0, 0.1) is 5.92 Å². The van der Waals surface area contributed by atoms with Crippen molar-refractivity contribution in [3.8, 4) is 11.5 Å². The van der Waals surface area contributed by atoms with Gasteiger partial charge in [0, 0.05) is 37.3 Å². The number of ether oxygens (including phenoxy) is 2. The summed E-state index contributed by atoms with van der Waals surface area (Å²) >= 11 is 0. The molecule has 0 saturated carbocycles. The van der Waals surface area contributed by atoms with E-state index < -0.39 is 5.91 Å². The van der Waals surface area contributed by atoms with Crippen LogP contribution in [-0.2, 0) is 4.74 Å². The monoisotopic (exact) mass is 439 g/mol. The molecule has 2 N–H and O–H groups in total. The van der Waals surface area contributed by atoms with Gasteiger partial charge < -0.3 is 25.0 Å². The molecule has 0 aliphatic carbocycles. The van der Waals surface area contributed by atoms with Gasteiger partial charge in [-0.3, -0.25) is 9.59 Å². The molecule has 8 heteroatoms. The molecule has 1 aliphatic heterocycles. The summed E-state index contributed by atoms with van der Waals surface area (Å²) in [4.78, 5) is 39.7. The van der Waals surface area contributed by atoms with Crippen molar-refractivity contribution in [1.29, 1.82) is 0 Å². The summed E-state index contributed by atoms with van der Waals surface area (Å²) in [6.07, 6.45) is 0.378. The van der Waals surface area contributed by atoms with Crippen LogP contribution < -0.4 is 10.5 Å². The second kappa shape index (κ2) is 10.7. The van der Waals surface area contributed by atoms with Crippen LogP contribution in [-0.4, -0.2) is 60.5 Å². The average molecular weight is 440 g/mol. The number of benzene rings is 2. The van der Waals surface area contributed by atoms with E-state index in [-0.39, 0.29) is 17.9 Å². The molecule has 0 radical (unpaired) electrons. The summed E-state index contributed by atoms with van der Waals surface area (Å²) in [5.41, 5.74) is 6.20. The van der Waals surface area contributed by atoms with E-state index in [0.29, 0.717) is 61.8 Å². The fourth-order valence-corrected chi connectivity index (χ4v) is 3.30. The Kier molecular flexibility index (Phi) is 7.70. The van der Waals surface area contributed by atoms with E-state index in [9.17, 15) is 14.4 Å². The van der Waals surface area contributed by atoms with Gasteiger partial charge in [0.05, 0.1) is 6.61 Å². The number of nitrogens with two attached hydrogens (primary N) is 1. The Morgan fingerprint density at radius 3 is 1.94 bits per heavy atom. The predicted octanol–water partition coefficient (Wildman–Crippen LogP) is 3.52. The van der Waals surface area contributed by atoms with E-state index in [0.717, 1.165) is 0 Å². The number of hydrogen-bond acceptors (Lipinski definition) is 5. The first-order chi connectivity index (χ1) is 15.3. The zero-order valence-electron chi connectivity index (χ0n) is 18.5. The van der Waals surface area contributed by atoms with Crippen molar-refractivity contribution < 1.29 is 23.9 Å². The van der Waals surface area contributed by atoms with Crippen LogP contribution in [0.15, 0.2) is 48.5 Å². The first-order valence-corrected chi connectivity index (χ1v) is 10.7. The van der Waals surface area contributed by atoms with Crippen molar-refractivity contribution in [2.45, 2.75) is 20.3 Å². The van der Waals surface area contributed by atoms with Crippen LogP contribution in [0.2, 0.25) is 0 Å². The lowest BCUT2D eigenvalue weighted by Gasteiger charge is -2.22. The second-order valence-electron chi connectivity index (χ2n) is 8.12. The molecule has 1 saturated heterocycles. The molecule has 0 spiro atoms. The quantitative estimate of drug-likeness (QED) is 0.742. The molecule has 2 aromatic carbocycles. The molecule has 0 atom stereocenters. The Labute approximate surface area is 187 Å². The number of primary amides is 1. The molecule has 1 heterocycles. The molecule has 1 aliphatic rings. The van der Waals surface area contributed by atoms with Gasteiger partial charge in [-0.05, 0) is 60.9 Å². The van der Waals surface area contributed by atoms with Gasteiger partial charge in [0.15, 0.2) is 0 Å². The smallest absolute Gasteiger partial charge is 0.409 e.